The number of nitro benzene ring substituents is 1. The number of halogens is 1. The number of hydrogen-bond acceptors (Lipinski definition) is 4. The minimum Gasteiger partial charge on any atom is -0.355 e. The summed E-state index contributed by atoms with van der Waals surface area (Å²) in [4.78, 5) is 26.0. The predicted octanol–water partition coefficient (Wildman–Crippen LogP) is 0.341. The van der Waals surface area contributed by atoms with E-state index in [1.807, 2.05) is 11.0 Å². The molecule has 0 radical (unpaired) electrons. The van der Waals surface area contributed by atoms with E-state index in [9.17, 15) is 14.9 Å². The van der Waals surface area contributed by atoms with Gasteiger partial charge < -0.3 is 15.1 Å². The summed E-state index contributed by atoms with van der Waals surface area (Å²) < 4.78 is 0.703. The van der Waals surface area contributed by atoms with Crippen LogP contribution in [-0.4, -0.2) is 49.6 Å². The molecule has 0 bridgehead atoms. The van der Waals surface area contributed by atoms with Gasteiger partial charge in [0.2, 0.25) is 0 Å². The van der Waals surface area contributed by atoms with Crippen LogP contribution in [0.25, 0.3) is 0 Å². The lowest BCUT2D eigenvalue weighted by atomic mass is 10.2. The van der Waals surface area contributed by atoms with E-state index in [-0.39, 0.29) is 16.5 Å². The molecule has 1 aliphatic heterocycles. The fraction of sp³-hybridized carbons (Fsp3) is 0.533. The van der Waals surface area contributed by atoms with Crippen molar-refractivity contribution in [3.63, 3.8) is 0 Å². The van der Waals surface area contributed by atoms with Gasteiger partial charge in [-0.2, -0.15) is 0 Å². The van der Waals surface area contributed by atoms with Crippen molar-refractivity contribution in [2.45, 2.75) is 18.9 Å². The lowest BCUT2D eigenvalue weighted by Crippen LogP contribution is -3.16. The van der Waals surface area contributed by atoms with Crippen LogP contribution in [-0.2, 0) is 4.79 Å². The molecule has 1 aromatic carbocycles. The topological polar surface area (TPSA) is 79.9 Å². The third-order valence-corrected chi connectivity index (χ3v) is 4.79. The molecular weight excluding hydrogens is 364 g/mol. The van der Waals surface area contributed by atoms with Gasteiger partial charge in [0.05, 0.1) is 31.1 Å². The summed E-state index contributed by atoms with van der Waals surface area (Å²) in [6, 6.07) is 5.54. The van der Waals surface area contributed by atoms with E-state index in [1.54, 1.807) is 6.07 Å². The zero-order valence-electron chi connectivity index (χ0n) is 12.8. The Labute approximate surface area is 142 Å². The highest BCUT2D eigenvalue weighted by molar-refractivity contribution is 9.10. The Morgan fingerprint density at radius 3 is 2.70 bits per heavy atom. The van der Waals surface area contributed by atoms with Crippen molar-refractivity contribution >= 4 is 33.2 Å². The fourth-order valence-corrected chi connectivity index (χ4v) is 3.23. The predicted molar refractivity (Wildman–Crippen MR) is 89.7 cm³/mol. The number of carbonyl (C=O) groups excluding carboxylic acids is 1. The van der Waals surface area contributed by atoms with Gasteiger partial charge in [0.1, 0.15) is 5.69 Å². The molecule has 2 N–H and O–H groups in total. The molecule has 1 saturated heterocycles. The molecule has 2 fully saturated rings. The van der Waals surface area contributed by atoms with Crippen LogP contribution in [0.4, 0.5) is 11.4 Å². The van der Waals surface area contributed by atoms with Gasteiger partial charge >= 0.3 is 0 Å². The summed E-state index contributed by atoms with van der Waals surface area (Å²) in [6.45, 7) is 3.55. The number of rotatable bonds is 5. The summed E-state index contributed by atoms with van der Waals surface area (Å²) in [6.07, 6.45) is 2.20. The van der Waals surface area contributed by atoms with E-state index in [4.69, 9.17) is 0 Å². The maximum absolute atomic E-state index is 11.9. The minimum absolute atomic E-state index is 0.116. The third kappa shape index (κ3) is 4.20. The number of nitrogens with one attached hydrogen (secondary N) is 2. The Balaban J connectivity index is 1.58. The van der Waals surface area contributed by atoms with E-state index < -0.39 is 0 Å². The zero-order valence-corrected chi connectivity index (χ0v) is 14.3. The number of nitrogens with zero attached hydrogens (tertiary/aromatic N) is 2. The minimum atomic E-state index is -0.345. The van der Waals surface area contributed by atoms with Gasteiger partial charge in [-0.25, -0.2) is 0 Å². The standard InChI is InChI=1S/C15H19BrN4O3/c16-11-1-4-13(14(9-11)20(22)23)19-7-5-18(6-8-19)10-15(21)17-12-2-3-12/h1,4,9,12H,2-3,5-8,10H2,(H,17,21)/p+1. The Hall–Kier alpha value is -1.67. The number of nitro groups is 1. The molecule has 0 unspecified atom stereocenters. The SMILES string of the molecule is O=C(C[NH+]1CCN(c2ccc(Br)cc2[N+](=O)[O-])CC1)NC1CC1. The largest absolute Gasteiger partial charge is 0.355 e. The van der Waals surface area contributed by atoms with Crippen molar-refractivity contribution in [1.82, 2.24) is 5.32 Å². The molecule has 1 amide bonds. The Kier molecular flexibility index (Phi) is 4.82. The number of hydrogen-bond donors (Lipinski definition) is 2. The molecule has 1 aliphatic carbocycles. The molecule has 0 atom stereocenters. The van der Waals surface area contributed by atoms with Crippen LogP contribution in [0.2, 0.25) is 0 Å². The van der Waals surface area contributed by atoms with Crippen LogP contribution in [0.1, 0.15) is 12.8 Å². The highest BCUT2D eigenvalue weighted by Gasteiger charge is 2.29. The molecule has 124 valence electrons. The highest BCUT2D eigenvalue weighted by atomic mass is 79.9. The smallest absolute Gasteiger partial charge is 0.293 e. The molecule has 7 nitrogen and oxygen atoms in total. The normalized spacial score (nSPS) is 18.7. The monoisotopic (exact) mass is 383 g/mol. The summed E-state index contributed by atoms with van der Waals surface area (Å²) in [7, 11) is 0. The van der Waals surface area contributed by atoms with Gasteiger partial charge in [0, 0.05) is 16.6 Å². The molecular formula is C15H20BrN4O3+. The quantitative estimate of drug-likeness (QED) is 0.567. The Morgan fingerprint density at radius 2 is 2.09 bits per heavy atom. The van der Waals surface area contributed by atoms with Gasteiger partial charge in [0.15, 0.2) is 6.54 Å². The van der Waals surface area contributed by atoms with Gasteiger partial charge in [-0.05, 0) is 25.0 Å². The van der Waals surface area contributed by atoms with Gasteiger partial charge in [-0.3, -0.25) is 14.9 Å². The summed E-state index contributed by atoms with van der Waals surface area (Å²) in [5, 5.41) is 14.2. The van der Waals surface area contributed by atoms with Crippen LogP contribution in [0, 0.1) is 10.1 Å². The maximum atomic E-state index is 11.9. The van der Waals surface area contributed by atoms with Gasteiger partial charge in [-0.15, -0.1) is 0 Å². The van der Waals surface area contributed by atoms with Crippen LogP contribution in [0.5, 0.6) is 0 Å². The van der Waals surface area contributed by atoms with Crippen LogP contribution < -0.4 is 15.1 Å². The first kappa shape index (κ1) is 16.2. The molecule has 1 aromatic rings. The molecule has 2 aliphatic rings. The Morgan fingerprint density at radius 1 is 1.39 bits per heavy atom. The lowest BCUT2D eigenvalue weighted by Gasteiger charge is -2.33. The van der Waals surface area contributed by atoms with E-state index in [2.05, 4.69) is 21.2 Å². The van der Waals surface area contributed by atoms with E-state index in [0.29, 0.717) is 35.8 Å². The van der Waals surface area contributed by atoms with Crippen molar-refractivity contribution in [2.24, 2.45) is 0 Å². The molecule has 3 rings (SSSR count). The molecule has 1 saturated carbocycles. The van der Waals surface area contributed by atoms with Crippen molar-refractivity contribution in [2.75, 3.05) is 37.6 Å². The van der Waals surface area contributed by atoms with Crippen molar-refractivity contribution in [3.8, 4) is 0 Å². The number of amides is 1. The second-order valence-corrected chi connectivity index (χ2v) is 7.06. The van der Waals surface area contributed by atoms with Crippen LogP contribution >= 0.6 is 15.9 Å². The van der Waals surface area contributed by atoms with Crippen LogP contribution in [0.15, 0.2) is 22.7 Å². The maximum Gasteiger partial charge on any atom is 0.293 e. The van der Waals surface area contributed by atoms with Crippen molar-refractivity contribution in [1.29, 1.82) is 0 Å². The second kappa shape index (κ2) is 6.84. The summed E-state index contributed by atoms with van der Waals surface area (Å²) in [5.74, 6) is 0.116. The van der Waals surface area contributed by atoms with E-state index in [1.165, 1.54) is 11.0 Å². The average Bonchev–Trinajstić information content (AvgIpc) is 3.32. The first-order valence-corrected chi connectivity index (χ1v) is 8.64. The van der Waals surface area contributed by atoms with Crippen molar-refractivity contribution < 1.29 is 14.6 Å². The Bertz CT molecular complexity index is 613. The zero-order chi connectivity index (χ0) is 16.4. The van der Waals surface area contributed by atoms with Gasteiger partial charge in [0.25, 0.3) is 11.6 Å². The first-order valence-electron chi connectivity index (χ1n) is 7.85. The number of carbonyl (C=O) groups is 1. The third-order valence-electron chi connectivity index (χ3n) is 4.30. The molecule has 1 heterocycles. The number of quaternary nitrogens is 1. The number of benzene rings is 1. The highest BCUT2D eigenvalue weighted by Crippen LogP contribution is 2.31. The summed E-state index contributed by atoms with van der Waals surface area (Å²) >= 11 is 3.28. The first-order chi connectivity index (χ1) is 11.0. The molecule has 0 spiro atoms. The molecule has 0 aromatic heterocycles. The van der Waals surface area contributed by atoms with E-state index >= 15 is 0 Å². The lowest BCUT2D eigenvalue weighted by molar-refractivity contribution is -0.892. The van der Waals surface area contributed by atoms with E-state index in [0.717, 1.165) is 25.9 Å². The van der Waals surface area contributed by atoms with Crippen LogP contribution in [0.3, 0.4) is 0 Å². The average molecular weight is 384 g/mol. The summed E-state index contributed by atoms with van der Waals surface area (Å²) in [5.41, 5.74) is 0.772. The number of anilines is 1. The molecule has 23 heavy (non-hydrogen) atoms. The van der Waals surface area contributed by atoms with Crippen molar-refractivity contribution in [3.05, 3.63) is 32.8 Å². The second-order valence-electron chi connectivity index (χ2n) is 6.15. The fourth-order valence-electron chi connectivity index (χ4n) is 2.88. The van der Waals surface area contributed by atoms with Gasteiger partial charge in [-0.1, -0.05) is 15.9 Å². The molecule has 8 heteroatoms. The number of piperazine rings is 1.